The zero-order valence-corrected chi connectivity index (χ0v) is 18.0. The molecule has 5 N–H and O–H groups in total. The summed E-state index contributed by atoms with van der Waals surface area (Å²) in [4.78, 5) is 17.0. The quantitative estimate of drug-likeness (QED) is 0.521. The molecule has 8 heteroatoms. The van der Waals surface area contributed by atoms with Crippen molar-refractivity contribution in [2.45, 2.75) is 37.8 Å². The summed E-state index contributed by atoms with van der Waals surface area (Å²) in [6, 6.07) is 17.4. The van der Waals surface area contributed by atoms with Crippen LogP contribution >= 0.6 is 0 Å². The number of amides is 1. The van der Waals surface area contributed by atoms with Gasteiger partial charge in [0.2, 0.25) is 0 Å². The summed E-state index contributed by atoms with van der Waals surface area (Å²) >= 11 is 0. The summed E-state index contributed by atoms with van der Waals surface area (Å²) < 4.78 is 11.9. The average Bonchev–Trinajstić information content (AvgIpc) is 2.82. The van der Waals surface area contributed by atoms with E-state index in [1.807, 2.05) is 0 Å². The van der Waals surface area contributed by atoms with Crippen molar-refractivity contribution < 1.29 is 14.3 Å². The molecule has 0 unspecified atom stereocenters. The maximum absolute atomic E-state index is 13.0. The first kappa shape index (κ1) is 22.1. The second kappa shape index (κ2) is 10.0. The van der Waals surface area contributed by atoms with Gasteiger partial charge >= 0.3 is 0 Å². The van der Waals surface area contributed by atoms with E-state index in [0.717, 1.165) is 25.7 Å². The predicted octanol–water partition coefficient (Wildman–Crippen LogP) is 4.12. The number of ether oxygens (including phenoxy) is 2. The molecule has 1 heterocycles. The Labute approximate surface area is 192 Å². The van der Waals surface area contributed by atoms with Crippen LogP contribution in [-0.2, 0) is 0 Å². The molecule has 1 aromatic heterocycles. The van der Waals surface area contributed by atoms with Crippen molar-refractivity contribution >= 4 is 11.7 Å². The lowest BCUT2D eigenvalue weighted by atomic mass is 9.91. The van der Waals surface area contributed by atoms with Crippen LogP contribution in [0.2, 0.25) is 0 Å². The number of hydrogen-bond acceptors (Lipinski definition) is 7. The van der Waals surface area contributed by atoms with E-state index in [4.69, 9.17) is 26.2 Å². The molecule has 0 aliphatic heterocycles. The standard InChI is InChI=1S/C25H25N5O3/c26-14-16-1-7-20(8-2-16)32-22-11-17(25(31)30-19-5-3-18(27)4-6-19)12-23(13-22)33-21-9-10-24(28)29-15-21/h1-2,7-13,15,18-19H,3-6,27H2,(H2,28,29)(H,30,31). The normalized spacial score (nSPS) is 17.6. The van der Waals surface area contributed by atoms with Gasteiger partial charge in [-0.15, -0.1) is 0 Å². The van der Waals surface area contributed by atoms with Crippen LogP contribution in [0.5, 0.6) is 23.0 Å². The number of nitrogens with zero attached hydrogens (tertiary/aromatic N) is 2. The number of nitrogens with two attached hydrogens (primary N) is 2. The molecule has 0 saturated heterocycles. The Morgan fingerprint density at radius 3 is 2.18 bits per heavy atom. The lowest BCUT2D eigenvalue weighted by Crippen LogP contribution is -2.40. The van der Waals surface area contributed by atoms with E-state index in [9.17, 15) is 4.79 Å². The summed E-state index contributed by atoms with van der Waals surface area (Å²) in [5, 5.41) is 12.1. The van der Waals surface area contributed by atoms with Crippen molar-refractivity contribution in [3.8, 4) is 29.1 Å². The van der Waals surface area contributed by atoms with Crippen LogP contribution in [0, 0.1) is 11.3 Å². The van der Waals surface area contributed by atoms with E-state index >= 15 is 0 Å². The molecular weight excluding hydrogens is 418 g/mol. The van der Waals surface area contributed by atoms with Gasteiger partial charge in [-0.1, -0.05) is 0 Å². The molecule has 33 heavy (non-hydrogen) atoms. The van der Waals surface area contributed by atoms with Crippen LogP contribution in [0.15, 0.2) is 60.8 Å². The van der Waals surface area contributed by atoms with Crippen molar-refractivity contribution in [2.24, 2.45) is 5.73 Å². The molecule has 1 aliphatic carbocycles. The van der Waals surface area contributed by atoms with Crippen molar-refractivity contribution in [1.82, 2.24) is 10.3 Å². The molecule has 1 amide bonds. The Balaban J connectivity index is 1.58. The number of carbonyl (C=O) groups is 1. The molecule has 1 saturated carbocycles. The monoisotopic (exact) mass is 443 g/mol. The number of carbonyl (C=O) groups excluding carboxylic acids is 1. The first-order valence-electron chi connectivity index (χ1n) is 10.8. The second-order valence-electron chi connectivity index (χ2n) is 8.04. The number of nitrogen functional groups attached to an aromatic ring is 1. The number of aromatic nitrogens is 1. The summed E-state index contributed by atoms with van der Waals surface area (Å²) in [5.41, 5.74) is 12.6. The van der Waals surface area contributed by atoms with Crippen LogP contribution in [-0.4, -0.2) is 23.0 Å². The van der Waals surface area contributed by atoms with Crippen molar-refractivity contribution in [1.29, 1.82) is 5.26 Å². The highest BCUT2D eigenvalue weighted by Crippen LogP contribution is 2.31. The maximum atomic E-state index is 13.0. The lowest BCUT2D eigenvalue weighted by Gasteiger charge is -2.26. The Morgan fingerprint density at radius 1 is 0.939 bits per heavy atom. The molecule has 0 atom stereocenters. The lowest BCUT2D eigenvalue weighted by molar-refractivity contribution is 0.0925. The molecule has 0 bridgehead atoms. The number of anilines is 1. The van der Waals surface area contributed by atoms with Gasteiger partial charge in [0.1, 0.15) is 28.8 Å². The van der Waals surface area contributed by atoms with Gasteiger partial charge in [0.05, 0.1) is 17.8 Å². The molecule has 8 nitrogen and oxygen atoms in total. The van der Waals surface area contributed by atoms with Gasteiger partial charge in [0.25, 0.3) is 5.91 Å². The van der Waals surface area contributed by atoms with E-state index in [0.29, 0.717) is 39.9 Å². The maximum Gasteiger partial charge on any atom is 0.251 e. The largest absolute Gasteiger partial charge is 0.457 e. The molecule has 1 aliphatic rings. The van der Waals surface area contributed by atoms with E-state index in [2.05, 4.69) is 16.4 Å². The third-order valence-electron chi connectivity index (χ3n) is 5.46. The third kappa shape index (κ3) is 5.99. The van der Waals surface area contributed by atoms with Gasteiger partial charge in [-0.3, -0.25) is 4.79 Å². The average molecular weight is 444 g/mol. The molecule has 3 aromatic rings. The number of nitriles is 1. The Morgan fingerprint density at radius 2 is 1.58 bits per heavy atom. The van der Waals surface area contributed by atoms with Crippen LogP contribution in [0.25, 0.3) is 0 Å². The predicted molar refractivity (Wildman–Crippen MR) is 124 cm³/mol. The fourth-order valence-electron chi connectivity index (χ4n) is 3.67. The Hall–Kier alpha value is -4.09. The number of nitrogens with one attached hydrogen (secondary N) is 1. The first-order valence-corrected chi connectivity index (χ1v) is 10.8. The molecule has 2 aromatic carbocycles. The molecule has 1 fully saturated rings. The highest BCUT2D eigenvalue weighted by Gasteiger charge is 2.21. The summed E-state index contributed by atoms with van der Waals surface area (Å²) in [6.45, 7) is 0. The van der Waals surface area contributed by atoms with Crippen molar-refractivity contribution in [3.63, 3.8) is 0 Å². The van der Waals surface area contributed by atoms with Gasteiger partial charge in [0, 0.05) is 23.7 Å². The second-order valence-corrected chi connectivity index (χ2v) is 8.04. The van der Waals surface area contributed by atoms with Crippen LogP contribution in [0.4, 0.5) is 5.82 Å². The topological polar surface area (TPSA) is 136 Å². The van der Waals surface area contributed by atoms with Crippen molar-refractivity contribution in [3.05, 3.63) is 71.9 Å². The van der Waals surface area contributed by atoms with Gasteiger partial charge in [-0.2, -0.15) is 5.26 Å². The minimum atomic E-state index is -0.207. The molecule has 168 valence electrons. The minimum absolute atomic E-state index is 0.0890. The summed E-state index contributed by atoms with van der Waals surface area (Å²) in [7, 11) is 0. The number of benzene rings is 2. The van der Waals surface area contributed by atoms with Gasteiger partial charge < -0.3 is 26.3 Å². The number of rotatable bonds is 6. The van der Waals surface area contributed by atoms with Crippen LogP contribution in [0.3, 0.4) is 0 Å². The molecule has 4 rings (SSSR count). The smallest absolute Gasteiger partial charge is 0.251 e. The third-order valence-corrected chi connectivity index (χ3v) is 5.46. The van der Waals surface area contributed by atoms with E-state index < -0.39 is 0 Å². The van der Waals surface area contributed by atoms with E-state index in [1.54, 1.807) is 54.6 Å². The van der Waals surface area contributed by atoms with E-state index in [-0.39, 0.29) is 18.0 Å². The highest BCUT2D eigenvalue weighted by molar-refractivity contribution is 5.95. The van der Waals surface area contributed by atoms with Crippen LogP contribution in [0.1, 0.15) is 41.6 Å². The first-order chi connectivity index (χ1) is 16.0. The van der Waals surface area contributed by atoms with Gasteiger partial charge in [0.15, 0.2) is 0 Å². The van der Waals surface area contributed by atoms with Gasteiger partial charge in [-0.25, -0.2) is 4.98 Å². The number of pyridine rings is 1. The Kier molecular flexibility index (Phi) is 6.72. The number of hydrogen-bond donors (Lipinski definition) is 3. The summed E-state index contributed by atoms with van der Waals surface area (Å²) in [5.74, 6) is 2.04. The molecule has 0 radical (unpaired) electrons. The van der Waals surface area contributed by atoms with Gasteiger partial charge in [-0.05, 0) is 74.2 Å². The molecule has 0 spiro atoms. The Bertz CT molecular complexity index is 1150. The molecular formula is C25H25N5O3. The fraction of sp³-hybridized carbons (Fsp3) is 0.240. The van der Waals surface area contributed by atoms with Crippen molar-refractivity contribution in [2.75, 3.05) is 5.73 Å². The minimum Gasteiger partial charge on any atom is -0.457 e. The zero-order chi connectivity index (χ0) is 23.2. The summed E-state index contributed by atoms with van der Waals surface area (Å²) in [6.07, 6.45) is 5.01. The zero-order valence-electron chi connectivity index (χ0n) is 18.0. The van der Waals surface area contributed by atoms with Crippen LogP contribution < -0.4 is 26.3 Å². The fourth-order valence-corrected chi connectivity index (χ4v) is 3.67. The SMILES string of the molecule is N#Cc1ccc(Oc2cc(Oc3ccc(N)nc3)cc(C(=O)NC3CCC(N)CC3)c2)cc1. The highest BCUT2D eigenvalue weighted by atomic mass is 16.5. The van der Waals surface area contributed by atoms with E-state index in [1.165, 1.54) is 6.20 Å².